The normalized spacial score (nSPS) is 14.6. The summed E-state index contributed by atoms with van der Waals surface area (Å²) < 4.78 is 5.15. The lowest BCUT2D eigenvalue weighted by Crippen LogP contribution is -2.52. The fourth-order valence-corrected chi connectivity index (χ4v) is 3.76. The number of carbonyl (C=O) groups is 4. The monoisotopic (exact) mass is 480 g/mol. The number of piperidine rings is 1. The number of carbonyl (C=O) groups excluding carboxylic acids is 4. The van der Waals surface area contributed by atoms with Crippen molar-refractivity contribution in [2.75, 3.05) is 13.1 Å². The summed E-state index contributed by atoms with van der Waals surface area (Å²) in [6.45, 7) is 1.76. The maximum atomic E-state index is 13.4. The van der Waals surface area contributed by atoms with Gasteiger partial charge in [-0.3, -0.25) is 19.8 Å². The Kier molecular flexibility index (Phi) is 8.19. The van der Waals surface area contributed by atoms with E-state index in [0.29, 0.717) is 37.1 Å². The molecule has 1 aliphatic heterocycles. The van der Waals surface area contributed by atoms with E-state index in [0.717, 1.165) is 12.5 Å². The van der Waals surface area contributed by atoms with Gasteiger partial charge in [-0.05, 0) is 29.8 Å². The van der Waals surface area contributed by atoms with Crippen molar-refractivity contribution in [2.24, 2.45) is 5.73 Å². The van der Waals surface area contributed by atoms with E-state index >= 15 is 0 Å². The van der Waals surface area contributed by atoms with Gasteiger partial charge >= 0.3 is 5.97 Å². The molecule has 0 bridgehead atoms. The first-order valence-electron chi connectivity index (χ1n) is 11.2. The van der Waals surface area contributed by atoms with E-state index in [4.69, 9.17) is 15.9 Å². The van der Waals surface area contributed by atoms with Crippen molar-refractivity contribution in [3.8, 4) is 5.75 Å². The Bertz CT molecular complexity index is 1110. The number of nitrogens with two attached hydrogens (primary N) is 1. The SMILES string of the molecule is CC(=O)C(=O)OC1CCN(C(=O)[C@H](Cc2ccc(O)cc2)NC(=O)c2ccc(C(=N)N)cc2)CC1. The van der Waals surface area contributed by atoms with Crippen LogP contribution >= 0.6 is 0 Å². The number of esters is 1. The summed E-state index contributed by atoms with van der Waals surface area (Å²) in [5, 5.41) is 19.8. The Hall–Kier alpha value is -4.21. The summed E-state index contributed by atoms with van der Waals surface area (Å²) >= 11 is 0. The minimum atomic E-state index is -0.886. The molecule has 0 radical (unpaired) electrons. The number of likely N-dealkylation sites (tertiary alicyclic amines) is 1. The third-order valence-corrected chi connectivity index (χ3v) is 5.75. The van der Waals surface area contributed by atoms with Gasteiger partial charge in [-0.1, -0.05) is 24.3 Å². The number of hydrogen-bond acceptors (Lipinski definition) is 7. The number of ether oxygens (including phenoxy) is 1. The zero-order valence-corrected chi connectivity index (χ0v) is 19.3. The van der Waals surface area contributed by atoms with Crippen molar-refractivity contribution in [3.05, 3.63) is 65.2 Å². The zero-order chi connectivity index (χ0) is 25.5. The number of amidine groups is 1. The standard InChI is InChI=1S/C25H28N4O6/c1-15(30)25(34)35-20-10-12-29(13-11-20)24(33)21(14-16-2-8-19(31)9-3-16)28-23(32)18-6-4-17(5-7-18)22(26)27/h2-9,20-21,31H,10-14H2,1H3,(H3,26,27)(H,28,32)/t21-/m0/s1. The number of rotatable bonds is 8. The molecular weight excluding hydrogens is 452 g/mol. The van der Waals surface area contributed by atoms with Crippen LogP contribution in [0.4, 0.5) is 0 Å². The van der Waals surface area contributed by atoms with Crippen LogP contribution in [-0.4, -0.2) is 64.6 Å². The van der Waals surface area contributed by atoms with Gasteiger partial charge in [0.25, 0.3) is 5.91 Å². The highest BCUT2D eigenvalue weighted by molar-refractivity contribution is 6.32. The highest BCUT2D eigenvalue weighted by Crippen LogP contribution is 2.18. The minimum Gasteiger partial charge on any atom is -0.508 e. The Morgan fingerprint density at radius 1 is 1.06 bits per heavy atom. The molecule has 5 N–H and O–H groups in total. The van der Waals surface area contributed by atoms with Gasteiger partial charge < -0.3 is 25.8 Å². The third-order valence-electron chi connectivity index (χ3n) is 5.75. The van der Waals surface area contributed by atoms with Gasteiger partial charge in [0.2, 0.25) is 11.7 Å². The number of nitrogens with zero attached hydrogens (tertiary/aromatic N) is 1. The third kappa shape index (κ3) is 6.89. The average molecular weight is 481 g/mol. The van der Waals surface area contributed by atoms with Crippen LogP contribution in [0.25, 0.3) is 0 Å². The molecule has 0 aliphatic carbocycles. The molecule has 3 rings (SSSR count). The molecule has 184 valence electrons. The summed E-state index contributed by atoms with van der Waals surface area (Å²) in [6, 6.07) is 11.7. The largest absolute Gasteiger partial charge is 0.508 e. The molecule has 2 amide bonds. The zero-order valence-electron chi connectivity index (χ0n) is 19.3. The molecule has 10 heteroatoms. The summed E-state index contributed by atoms with van der Waals surface area (Å²) in [7, 11) is 0. The molecule has 0 unspecified atom stereocenters. The summed E-state index contributed by atoms with van der Waals surface area (Å²) in [6.07, 6.45) is 0.532. The number of ketones is 1. The lowest BCUT2D eigenvalue weighted by Gasteiger charge is -2.34. The van der Waals surface area contributed by atoms with Crippen LogP contribution in [-0.2, 0) is 25.5 Å². The molecule has 0 spiro atoms. The number of Topliss-reactive ketones (excluding diaryl/α,β-unsaturated/α-hetero) is 1. The van der Waals surface area contributed by atoms with Crippen LogP contribution in [0, 0.1) is 5.41 Å². The highest BCUT2D eigenvalue weighted by Gasteiger charge is 2.31. The van der Waals surface area contributed by atoms with Gasteiger partial charge in [-0.25, -0.2) is 4.79 Å². The fraction of sp³-hybridized carbons (Fsp3) is 0.320. The first kappa shape index (κ1) is 25.4. The van der Waals surface area contributed by atoms with Crippen LogP contribution < -0.4 is 11.1 Å². The predicted molar refractivity (Wildman–Crippen MR) is 127 cm³/mol. The molecular formula is C25H28N4O6. The Labute approximate surface area is 202 Å². The van der Waals surface area contributed by atoms with Crippen LogP contribution in [0.3, 0.4) is 0 Å². The number of hydrogen-bond donors (Lipinski definition) is 4. The fourth-order valence-electron chi connectivity index (χ4n) is 3.76. The van der Waals surface area contributed by atoms with Crippen molar-refractivity contribution >= 4 is 29.4 Å². The lowest BCUT2D eigenvalue weighted by molar-refractivity contribution is -0.159. The van der Waals surface area contributed by atoms with Crippen molar-refractivity contribution < 1.29 is 29.0 Å². The Morgan fingerprint density at radius 3 is 2.17 bits per heavy atom. The Morgan fingerprint density at radius 2 is 1.63 bits per heavy atom. The molecule has 1 atom stereocenters. The van der Waals surface area contributed by atoms with Crippen molar-refractivity contribution in [2.45, 2.75) is 38.3 Å². The number of nitrogen functional groups attached to an aromatic ring is 1. The Balaban J connectivity index is 1.71. The van der Waals surface area contributed by atoms with Crippen LogP contribution in [0.5, 0.6) is 5.75 Å². The lowest BCUT2D eigenvalue weighted by atomic mass is 10.0. The maximum Gasteiger partial charge on any atom is 0.374 e. The average Bonchev–Trinajstić information content (AvgIpc) is 2.85. The van der Waals surface area contributed by atoms with Gasteiger partial charge in [0.1, 0.15) is 23.7 Å². The summed E-state index contributed by atoms with van der Waals surface area (Å²) in [5.41, 5.74) is 7.00. The number of benzene rings is 2. The van der Waals surface area contributed by atoms with Crippen LogP contribution in [0.2, 0.25) is 0 Å². The molecule has 2 aromatic rings. The van der Waals surface area contributed by atoms with E-state index < -0.39 is 29.8 Å². The molecule has 1 fully saturated rings. The smallest absolute Gasteiger partial charge is 0.374 e. The second-order valence-electron chi connectivity index (χ2n) is 8.37. The van der Waals surface area contributed by atoms with E-state index in [-0.39, 0.29) is 23.9 Å². The summed E-state index contributed by atoms with van der Waals surface area (Å²) in [4.78, 5) is 50.6. The quantitative estimate of drug-likeness (QED) is 0.190. The number of amides is 2. The van der Waals surface area contributed by atoms with Gasteiger partial charge in [0.05, 0.1) is 0 Å². The second-order valence-corrected chi connectivity index (χ2v) is 8.37. The molecule has 1 saturated heterocycles. The molecule has 0 saturated carbocycles. The van der Waals surface area contributed by atoms with Crippen LogP contribution in [0.15, 0.2) is 48.5 Å². The number of phenols is 1. The van der Waals surface area contributed by atoms with Gasteiger partial charge in [-0.2, -0.15) is 0 Å². The topological polar surface area (TPSA) is 163 Å². The highest BCUT2D eigenvalue weighted by atomic mass is 16.5. The number of nitrogens with one attached hydrogen (secondary N) is 2. The van der Waals surface area contributed by atoms with Crippen molar-refractivity contribution in [3.63, 3.8) is 0 Å². The predicted octanol–water partition coefficient (Wildman–Crippen LogP) is 1.14. The minimum absolute atomic E-state index is 0.0911. The van der Waals surface area contributed by atoms with Crippen molar-refractivity contribution in [1.29, 1.82) is 5.41 Å². The number of phenolic OH excluding ortho intramolecular Hbond substituents is 1. The molecule has 0 aromatic heterocycles. The number of aromatic hydroxyl groups is 1. The van der Waals surface area contributed by atoms with Crippen LogP contribution in [0.1, 0.15) is 41.3 Å². The van der Waals surface area contributed by atoms with E-state index in [2.05, 4.69) is 5.32 Å². The summed E-state index contributed by atoms with van der Waals surface area (Å²) in [5.74, 6) is -2.33. The molecule has 10 nitrogen and oxygen atoms in total. The molecule has 2 aromatic carbocycles. The van der Waals surface area contributed by atoms with Gasteiger partial charge in [0, 0.05) is 50.4 Å². The van der Waals surface area contributed by atoms with E-state index in [1.807, 2.05) is 0 Å². The molecule has 1 aliphatic rings. The first-order valence-corrected chi connectivity index (χ1v) is 11.2. The van der Waals surface area contributed by atoms with Crippen molar-refractivity contribution in [1.82, 2.24) is 10.2 Å². The van der Waals surface area contributed by atoms with Gasteiger partial charge in [0.15, 0.2) is 0 Å². The van der Waals surface area contributed by atoms with Gasteiger partial charge in [-0.15, -0.1) is 0 Å². The molecule has 1 heterocycles. The first-order chi connectivity index (χ1) is 16.6. The van der Waals surface area contributed by atoms with E-state index in [1.54, 1.807) is 29.2 Å². The molecule has 35 heavy (non-hydrogen) atoms. The van der Waals surface area contributed by atoms with E-state index in [9.17, 15) is 24.3 Å². The second kappa shape index (κ2) is 11.3. The maximum absolute atomic E-state index is 13.4. The van der Waals surface area contributed by atoms with E-state index in [1.165, 1.54) is 24.3 Å².